The SMILES string of the molecule is O=C(c1cnn(-c2ccc(Br)cc2)n1)N1CCNCC1. The second kappa shape index (κ2) is 5.72. The molecule has 1 saturated heterocycles. The van der Waals surface area contributed by atoms with Crippen LogP contribution in [0.4, 0.5) is 0 Å². The number of nitrogens with one attached hydrogen (secondary N) is 1. The van der Waals surface area contributed by atoms with Gasteiger partial charge in [0.15, 0.2) is 5.69 Å². The first-order valence-electron chi connectivity index (χ1n) is 6.42. The van der Waals surface area contributed by atoms with Gasteiger partial charge in [-0.05, 0) is 24.3 Å². The maximum atomic E-state index is 12.3. The van der Waals surface area contributed by atoms with Crippen LogP contribution in [0.25, 0.3) is 5.69 Å². The number of benzene rings is 1. The fourth-order valence-corrected chi connectivity index (χ4v) is 2.35. The Labute approximate surface area is 124 Å². The Morgan fingerprint density at radius 1 is 1.20 bits per heavy atom. The Hall–Kier alpha value is -1.73. The van der Waals surface area contributed by atoms with Crippen LogP contribution in [0.1, 0.15) is 10.5 Å². The Morgan fingerprint density at radius 2 is 1.90 bits per heavy atom. The van der Waals surface area contributed by atoms with Crippen molar-refractivity contribution in [2.24, 2.45) is 0 Å². The number of amides is 1. The molecule has 1 fully saturated rings. The highest BCUT2D eigenvalue weighted by atomic mass is 79.9. The van der Waals surface area contributed by atoms with Gasteiger partial charge < -0.3 is 10.2 Å². The van der Waals surface area contributed by atoms with E-state index in [4.69, 9.17) is 0 Å². The third-order valence-corrected chi connectivity index (χ3v) is 3.70. The number of rotatable bonds is 2. The first-order valence-corrected chi connectivity index (χ1v) is 7.21. The zero-order chi connectivity index (χ0) is 13.9. The molecule has 104 valence electrons. The monoisotopic (exact) mass is 335 g/mol. The number of carbonyl (C=O) groups excluding carboxylic acids is 1. The van der Waals surface area contributed by atoms with Crippen LogP contribution in [0.2, 0.25) is 0 Å². The molecule has 0 bridgehead atoms. The summed E-state index contributed by atoms with van der Waals surface area (Å²) in [6.07, 6.45) is 1.52. The molecule has 0 radical (unpaired) electrons. The van der Waals surface area contributed by atoms with Crippen LogP contribution < -0.4 is 5.32 Å². The van der Waals surface area contributed by atoms with E-state index in [1.807, 2.05) is 24.3 Å². The average Bonchev–Trinajstić information content (AvgIpc) is 2.98. The standard InChI is InChI=1S/C13H14BrN5O/c14-10-1-3-11(4-2-10)19-16-9-12(17-19)13(20)18-7-5-15-6-8-18/h1-4,9,15H,5-8H2. The van der Waals surface area contributed by atoms with Crippen molar-refractivity contribution in [1.29, 1.82) is 0 Å². The van der Waals surface area contributed by atoms with E-state index < -0.39 is 0 Å². The quantitative estimate of drug-likeness (QED) is 0.891. The van der Waals surface area contributed by atoms with Gasteiger partial charge in [-0.1, -0.05) is 15.9 Å². The molecule has 20 heavy (non-hydrogen) atoms. The number of piperazine rings is 1. The molecular weight excluding hydrogens is 322 g/mol. The van der Waals surface area contributed by atoms with Crippen LogP contribution >= 0.6 is 15.9 Å². The van der Waals surface area contributed by atoms with Crippen molar-refractivity contribution in [2.45, 2.75) is 0 Å². The normalized spacial score (nSPS) is 15.3. The fourth-order valence-electron chi connectivity index (χ4n) is 2.09. The summed E-state index contributed by atoms with van der Waals surface area (Å²) in [5.41, 5.74) is 1.21. The molecular formula is C13H14BrN5O. The van der Waals surface area contributed by atoms with Crippen LogP contribution in [0.3, 0.4) is 0 Å². The van der Waals surface area contributed by atoms with Gasteiger partial charge in [0.25, 0.3) is 5.91 Å². The highest BCUT2D eigenvalue weighted by molar-refractivity contribution is 9.10. The van der Waals surface area contributed by atoms with Crippen molar-refractivity contribution in [3.8, 4) is 5.69 Å². The highest BCUT2D eigenvalue weighted by Crippen LogP contribution is 2.13. The lowest BCUT2D eigenvalue weighted by Gasteiger charge is -2.26. The van der Waals surface area contributed by atoms with E-state index in [1.165, 1.54) is 11.0 Å². The van der Waals surface area contributed by atoms with E-state index in [-0.39, 0.29) is 5.91 Å². The summed E-state index contributed by atoms with van der Waals surface area (Å²) in [6, 6.07) is 7.61. The fraction of sp³-hybridized carbons (Fsp3) is 0.308. The molecule has 1 aromatic heterocycles. The zero-order valence-corrected chi connectivity index (χ0v) is 12.4. The second-order valence-corrected chi connectivity index (χ2v) is 5.45. The minimum atomic E-state index is -0.0603. The summed E-state index contributed by atoms with van der Waals surface area (Å²) in [7, 11) is 0. The first-order chi connectivity index (χ1) is 9.74. The Balaban J connectivity index is 1.79. The molecule has 0 spiro atoms. The number of halogens is 1. The van der Waals surface area contributed by atoms with Gasteiger partial charge in [0.05, 0.1) is 11.9 Å². The molecule has 1 amide bonds. The van der Waals surface area contributed by atoms with Crippen molar-refractivity contribution in [3.05, 3.63) is 40.6 Å². The van der Waals surface area contributed by atoms with Gasteiger partial charge in [0, 0.05) is 30.7 Å². The van der Waals surface area contributed by atoms with Crippen molar-refractivity contribution in [2.75, 3.05) is 26.2 Å². The lowest BCUT2D eigenvalue weighted by molar-refractivity contribution is 0.0729. The summed E-state index contributed by atoms with van der Waals surface area (Å²) >= 11 is 3.38. The number of hydrogen-bond donors (Lipinski definition) is 1. The van der Waals surface area contributed by atoms with E-state index in [0.29, 0.717) is 18.8 Å². The molecule has 0 atom stereocenters. The van der Waals surface area contributed by atoms with Gasteiger partial charge >= 0.3 is 0 Å². The number of aromatic nitrogens is 3. The van der Waals surface area contributed by atoms with Gasteiger partial charge in [-0.25, -0.2) is 0 Å². The summed E-state index contributed by atoms with van der Waals surface area (Å²) in [6.45, 7) is 3.08. The third-order valence-electron chi connectivity index (χ3n) is 3.17. The van der Waals surface area contributed by atoms with E-state index in [1.54, 1.807) is 4.90 Å². The molecule has 2 heterocycles. The number of nitrogens with zero attached hydrogens (tertiary/aromatic N) is 4. The summed E-state index contributed by atoms with van der Waals surface area (Å²) in [4.78, 5) is 15.5. The topological polar surface area (TPSA) is 63.1 Å². The minimum Gasteiger partial charge on any atom is -0.335 e. The lowest BCUT2D eigenvalue weighted by atomic mass is 10.3. The van der Waals surface area contributed by atoms with Gasteiger partial charge in [0.1, 0.15) is 0 Å². The number of hydrogen-bond acceptors (Lipinski definition) is 4. The minimum absolute atomic E-state index is 0.0603. The van der Waals surface area contributed by atoms with Crippen LogP contribution in [0.5, 0.6) is 0 Å². The maximum Gasteiger partial charge on any atom is 0.276 e. The predicted molar refractivity (Wildman–Crippen MR) is 77.8 cm³/mol. The highest BCUT2D eigenvalue weighted by Gasteiger charge is 2.20. The van der Waals surface area contributed by atoms with Gasteiger partial charge in [-0.2, -0.15) is 9.90 Å². The molecule has 7 heteroatoms. The zero-order valence-electron chi connectivity index (χ0n) is 10.8. The van der Waals surface area contributed by atoms with Crippen LogP contribution in [0.15, 0.2) is 34.9 Å². The molecule has 3 rings (SSSR count). The molecule has 1 aromatic carbocycles. The van der Waals surface area contributed by atoms with Crippen molar-refractivity contribution >= 4 is 21.8 Å². The molecule has 1 aliphatic rings. The van der Waals surface area contributed by atoms with E-state index >= 15 is 0 Å². The maximum absolute atomic E-state index is 12.3. The Bertz CT molecular complexity index is 603. The Morgan fingerprint density at radius 3 is 2.60 bits per heavy atom. The molecule has 0 saturated carbocycles. The second-order valence-electron chi connectivity index (χ2n) is 4.54. The molecule has 2 aromatic rings. The molecule has 0 unspecified atom stereocenters. The largest absolute Gasteiger partial charge is 0.335 e. The van der Waals surface area contributed by atoms with E-state index in [2.05, 4.69) is 31.4 Å². The summed E-state index contributed by atoms with van der Waals surface area (Å²) in [5.74, 6) is -0.0603. The third kappa shape index (κ3) is 2.73. The van der Waals surface area contributed by atoms with Crippen LogP contribution in [-0.2, 0) is 0 Å². The van der Waals surface area contributed by atoms with Crippen molar-refractivity contribution in [1.82, 2.24) is 25.2 Å². The summed E-state index contributed by atoms with van der Waals surface area (Å²) < 4.78 is 0.991. The molecule has 1 aliphatic heterocycles. The van der Waals surface area contributed by atoms with Gasteiger partial charge in [-0.3, -0.25) is 4.79 Å². The lowest BCUT2D eigenvalue weighted by Crippen LogP contribution is -2.46. The molecule has 0 aliphatic carbocycles. The van der Waals surface area contributed by atoms with E-state index in [9.17, 15) is 4.79 Å². The first kappa shape index (κ1) is 13.3. The predicted octanol–water partition coefficient (Wildman–Crippen LogP) is 1.08. The smallest absolute Gasteiger partial charge is 0.276 e. The van der Waals surface area contributed by atoms with Crippen LogP contribution in [0, 0.1) is 0 Å². The van der Waals surface area contributed by atoms with E-state index in [0.717, 1.165) is 23.2 Å². The van der Waals surface area contributed by atoms with Crippen molar-refractivity contribution < 1.29 is 4.79 Å². The van der Waals surface area contributed by atoms with Gasteiger partial charge in [0.2, 0.25) is 0 Å². The summed E-state index contributed by atoms with van der Waals surface area (Å²) in [5, 5.41) is 11.6. The molecule has 6 nitrogen and oxygen atoms in total. The van der Waals surface area contributed by atoms with Crippen molar-refractivity contribution in [3.63, 3.8) is 0 Å². The van der Waals surface area contributed by atoms with Gasteiger partial charge in [-0.15, -0.1) is 5.10 Å². The molecule has 1 N–H and O–H groups in total. The average molecular weight is 336 g/mol. The number of carbonyl (C=O) groups is 1. The van der Waals surface area contributed by atoms with Crippen LogP contribution in [-0.4, -0.2) is 52.0 Å². The Kier molecular flexibility index (Phi) is 3.79.